The third kappa shape index (κ3) is 1.04. The molecule has 0 saturated carbocycles. The molecule has 2 heterocycles. The molecule has 2 aliphatic heterocycles. The second-order valence-electron chi connectivity index (χ2n) is 3.37. The van der Waals surface area contributed by atoms with E-state index in [1.807, 2.05) is 13.8 Å². The lowest BCUT2D eigenvalue weighted by Gasteiger charge is -2.18. The third-order valence-electron chi connectivity index (χ3n) is 1.93. The van der Waals surface area contributed by atoms with E-state index in [0.717, 1.165) is 0 Å². The van der Waals surface area contributed by atoms with Gasteiger partial charge in [0.2, 0.25) is 0 Å². The molecule has 2 fully saturated rings. The topological polar surface area (TPSA) is 27.7 Å². The van der Waals surface area contributed by atoms with Crippen LogP contribution in [-0.4, -0.2) is 24.6 Å². The highest BCUT2D eigenvalue weighted by Gasteiger charge is 2.47. The fourth-order valence-corrected chi connectivity index (χ4v) is 1.50. The highest BCUT2D eigenvalue weighted by molar-refractivity contribution is 5.06. The van der Waals surface area contributed by atoms with Gasteiger partial charge in [0.05, 0.1) is 0 Å². The Morgan fingerprint density at radius 1 is 1.45 bits per heavy atom. The first-order chi connectivity index (χ1) is 5.08. The molecule has 0 spiro atoms. The van der Waals surface area contributed by atoms with Crippen LogP contribution in [0, 0.1) is 0 Å². The molecule has 11 heavy (non-hydrogen) atoms. The predicted octanol–water partition coefficient (Wildman–Crippen LogP) is 1.05. The van der Waals surface area contributed by atoms with E-state index in [0.29, 0.717) is 12.4 Å². The van der Waals surface area contributed by atoms with Crippen molar-refractivity contribution in [2.45, 2.75) is 31.8 Å². The van der Waals surface area contributed by atoms with Crippen molar-refractivity contribution in [2.24, 2.45) is 0 Å². The number of hydrogen-bond donors (Lipinski definition) is 0. The van der Waals surface area contributed by atoms with Gasteiger partial charge in [0.25, 0.3) is 0 Å². The molecule has 0 N–H and O–H groups in total. The van der Waals surface area contributed by atoms with Crippen LogP contribution in [0.3, 0.4) is 0 Å². The van der Waals surface area contributed by atoms with Crippen molar-refractivity contribution in [3.63, 3.8) is 0 Å². The zero-order valence-electron chi connectivity index (χ0n) is 6.79. The lowest BCUT2D eigenvalue weighted by atomic mass is 10.2. The largest absolute Gasteiger partial charge is 0.493 e. The van der Waals surface area contributed by atoms with Gasteiger partial charge in [-0.05, 0) is 13.8 Å². The molecule has 0 aromatic carbocycles. The van der Waals surface area contributed by atoms with Gasteiger partial charge in [-0.1, -0.05) is 6.58 Å². The van der Waals surface area contributed by atoms with Crippen molar-refractivity contribution < 1.29 is 14.2 Å². The minimum atomic E-state index is -0.470. The Hall–Kier alpha value is -0.540. The van der Waals surface area contributed by atoms with E-state index in [1.165, 1.54) is 0 Å². The van der Waals surface area contributed by atoms with Gasteiger partial charge in [0.15, 0.2) is 5.79 Å². The standard InChI is InChI=1S/C8H12O3/c1-5-7-6(4-9-5)10-8(2,3)11-7/h6-7H,1,4H2,2-3H3/t6-,7+/m0/s1. The summed E-state index contributed by atoms with van der Waals surface area (Å²) in [4.78, 5) is 0. The first-order valence-electron chi connectivity index (χ1n) is 3.76. The second-order valence-corrected chi connectivity index (χ2v) is 3.37. The van der Waals surface area contributed by atoms with Gasteiger partial charge in [-0.15, -0.1) is 0 Å². The average Bonchev–Trinajstić information content (AvgIpc) is 2.31. The van der Waals surface area contributed by atoms with Gasteiger partial charge < -0.3 is 14.2 Å². The summed E-state index contributed by atoms with van der Waals surface area (Å²) < 4.78 is 16.2. The van der Waals surface area contributed by atoms with E-state index in [-0.39, 0.29) is 12.2 Å². The van der Waals surface area contributed by atoms with Crippen LogP contribution in [-0.2, 0) is 14.2 Å². The van der Waals surface area contributed by atoms with Crippen LogP contribution in [0.25, 0.3) is 0 Å². The molecule has 0 unspecified atom stereocenters. The predicted molar refractivity (Wildman–Crippen MR) is 38.9 cm³/mol. The Bertz CT molecular complexity index is 198. The summed E-state index contributed by atoms with van der Waals surface area (Å²) in [6.45, 7) is 8.11. The lowest BCUT2D eigenvalue weighted by Crippen LogP contribution is -2.23. The molecule has 2 rings (SSSR count). The summed E-state index contributed by atoms with van der Waals surface area (Å²) in [6, 6.07) is 0. The molecule has 62 valence electrons. The average molecular weight is 156 g/mol. The molecule has 0 radical (unpaired) electrons. The smallest absolute Gasteiger partial charge is 0.164 e. The molecule has 0 amide bonds. The molecule has 0 aromatic heterocycles. The molecule has 2 aliphatic rings. The van der Waals surface area contributed by atoms with Gasteiger partial charge in [0.1, 0.15) is 24.6 Å². The molecule has 3 heteroatoms. The van der Waals surface area contributed by atoms with E-state index >= 15 is 0 Å². The van der Waals surface area contributed by atoms with Gasteiger partial charge in [-0.2, -0.15) is 0 Å². The van der Waals surface area contributed by atoms with Gasteiger partial charge in [0, 0.05) is 0 Å². The molecular formula is C8H12O3. The summed E-state index contributed by atoms with van der Waals surface area (Å²) >= 11 is 0. The van der Waals surface area contributed by atoms with Crippen LogP contribution in [0.5, 0.6) is 0 Å². The summed E-state index contributed by atoms with van der Waals surface area (Å²) in [5.41, 5.74) is 0. The monoisotopic (exact) mass is 156 g/mol. The Labute approximate surface area is 65.9 Å². The molecule has 2 saturated heterocycles. The number of rotatable bonds is 0. The Balaban J connectivity index is 2.16. The molecular weight excluding hydrogens is 144 g/mol. The van der Waals surface area contributed by atoms with E-state index in [1.54, 1.807) is 0 Å². The highest BCUT2D eigenvalue weighted by Crippen LogP contribution is 2.35. The first kappa shape index (κ1) is 7.13. The van der Waals surface area contributed by atoms with Gasteiger partial charge in [-0.25, -0.2) is 0 Å². The number of fused-ring (bicyclic) bond motifs is 1. The minimum Gasteiger partial charge on any atom is -0.493 e. The molecule has 0 aliphatic carbocycles. The Kier molecular flexibility index (Phi) is 1.29. The zero-order valence-corrected chi connectivity index (χ0v) is 6.79. The second kappa shape index (κ2) is 1.99. The SMILES string of the molecule is C=C1OC[C@@H]2OC(C)(C)O[C@H]12. The van der Waals surface area contributed by atoms with Crippen molar-refractivity contribution >= 4 is 0 Å². The van der Waals surface area contributed by atoms with Crippen molar-refractivity contribution in [3.8, 4) is 0 Å². The van der Waals surface area contributed by atoms with Crippen LogP contribution < -0.4 is 0 Å². The van der Waals surface area contributed by atoms with Crippen LogP contribution >= 0.6 is 0 Å². The van der Waals surface area contributed by atoms with E-state index in [9.17, 15) is 0 Å². The summed E-state index contributed by atoms with van der Waals surface area (Å²) in [5, 5.41) is 0. The number of ether oxygens (including phenoxy) is 3. The normalized spacial score (nSPS) is 40.4. The molecule has 2 atom stereocenters. The first-order valence-corrected chi connectivity index (χ1v) is 3.76. The maximum atomic E-state index is 5.54. The van der Waals surface area contributed by atoms with Crippen LogP contribution in [0.1, 0.15) is 13.8 Å². The van der Waals surface area contributed by atoms with Crippen LogP contribution in [0.15, 0.2) is 12.3 Å². The maximum Gasteiger partial charge on any atom is 0.164 e. The van der Waals surface area contributed by atoms with Crippen LogP contribution in [0.2, 0.25) is 0 Å². The van der Waals surface area contributed by atoms with E-state index < -0.39 is 5.79 Å². The maximum absolute atomic E-state index is 5.54. The number of hydrogen-bond acceptors (Lipinski definition) is 3. The fraction of sp³-hybridized carbons (Fsp3) is 0.750. The zero-order chi connectivity index (χ0) is 8.06. The lowest BCUT2D eigenvalue weighted by molar-refractivity contribution is -0.157. The molecule has 0 aromatic rings. The Morgan fingerprint density at radius 2 is 2.18 bits per heavy atom. The third-order valence-corrected chi connectivity index (χ3v) is 1.93. The van der Waals surface area contributed by atoms with Crippen molar-refractivity contribution in [1.29, 1.82) is 0 Å². The van der Waals surface area contributed by atoms with Crippen molar-refractivity contribution in [3.05, 3.63) is 12.3 Å². The fourth-order valence-electron chi connectivity index (χ4n) is 1.50. The minimum absolute atomic E-state index is 0.0509. The summed E-state index contributed by atoms with van der Waals surface area (Å²) in [7, 11) is 0. The van der Waals surface area contributed by atoms with Crippen molar-refractivity contribution in [1.82, 2.24) is 0 Å². The van der Waals surface area contributed by atoms with Crippen LogP contribution in [0.4, 0.5) is 0 Å². The van der Waals surface area contributed by atoms with Crippen molar-refractivity contribution in [2.75, 3.05) is 6.61 Å². The molecule has 3 nitrogen and oxygen atoms in total. The Morgan fingerprint density at radius 3 is 2.82 bits per heavy atom. The summed E-state index contributed by atoms with van der Waals surface area (Å²) in [5.74, 6) is 0.225. The summed E-state index contributed by atoms with van der Waals surface area (Å²) in [6.07, 6.45) is 0.00231. The highest BCUT2D eigenvalue weighted by atomic mass is 16.8. The van der Waals surface area contributed by atoms with Gasteiger partial charge in [-0.3, -0.25) is 0 Å². The molecule has 0 bridgehead atoms. The quantitative estimate of drug-likeness (QED) is 0.524. The van der Waals surface area contributed by atoms with E-state index in [4.69, 9.17) is 14.2 Å². The van der Waals surface area contributed by atoms with Gasteiger partial charge >= 0.3 is 0 Å². The van der Waals surface area contributed by atoms with E-state index in [2.05, 4.69) is 6.58 Å².